The van der Waals surface area contributed by atoms with Crippen molar-refractivity contribution in [1.29, 1.82) is 0 Å². The van der Waals surface area contributed by atoms with Crippen LogP contribution in [0, 0.1) is 6.92 Å². The van der Waals surface area contributed by atoms with Crippen LogP contribution in [0.25, 0.3) is 0 Å². The number of anilines is 1. The molecule has 0 radical (unpaired) electrons. The maximum atomic E-state index is 13.8. The minimum absolute atomic E-state index is 0.0852. The van der Waals surface area contributed by atoms with Crippen molar-refractivity contribution in [3.05, 3.63) is 94.5 Å². The Labute approximate surface area is 227 Å². The van der Waals surface area contributed by atoms with Crippen LogP contribution < -0.4 is 9.62 Å². The number of benzene rings is 3. The average Bonchev–Trinajstić information content (AvgIpc) is 2.89. The van der Waals surface area contributed by atoms with Crippen LogP contribution >= 0.6 is 15.9 Å². The van der Waals surface area contributed by atoms with E-state index in [1.165, 1.54) is 17.0 Å². The van der Waals surface area contributed by atoms with Crippen LogP contribution in [-0.2, 0) is 26.2 Å². The molecule has 1 atom stereocenters. The highest BCUT2D eigenvalue weighted by Crippen LogP contribution is 2.25. The highest BCUT2D eigenvalue weighted by Gasteiger charge is 2.32. The van der Waals surface area contributed by atoms with Gasteiger partial charge >= 0.3 is 0 Å². The van der Waals surface area contributed by atoms with E-state index in [9.17, 15) is 18.0 Å². The van der Waals surface area contributed by atoms with Gasteiger partial charge in [0.25, 0.3) is 10.0 Å². The highest BCUT2D eigenvalue weighted by molar-refractivity contribution is 9.10. The first-order valence-corrected chi connectivity index (χ1v) is 14.3. The van der Waals surface area contributed by atoms with Gasteiger partial charge in [0.15, 0.2) is 0 Å². The van der Waals surface area contributed by atoms with Crippen molar-refractivity contribution in [2.45, 2.75) is 44.7 Å². The molecule has 9 heteroatoms. The van der Waals surface area contributed by atoms with Gasteiger partial charge in [0, 0.05) is 17.6 Å². The number of para-hydroxylation sites is 1. The Hall–Kier alpha value is -3.17. The predicted octanol–water partition coefficient (Wildman–Crippen LogP) is 4.90. The van der Waals surface area contributed by atoms with Gasteiger partial charge in [-0.15, -0.1) is 0 Å². The molecule has 0 aliphatic carbocycles. The minimum atomic E-state index is -4.06. The first-order chi connectivity index (χ1) is 17.6. The molecule has 2 amide bonds. The molecule has 0 saturated heterocycles. The van der Waals surface area contributed by atoms with Gasteiger partial charge in [-0.25, -0.2) is 8.42 Å². The third kappa shape index (κ3) is 7.42. The lowest BCUT2D eigenvalue weighted by atomic mass is 10.1. The van der Waals surface area contributed by atoms with Crippen LogP contribution in [0.3, 0.4) is 0 Å². The predicted molar refractivity (Wildman–Crippen MR) is 150 cm³/mol. The van der Waals surface area contributed by atoms with Crippen LogP contribution in [-0.4, -0.2) is 44.3 Å². The smallest absolute Gasteiger partial charge is 0.264 e. The molecular formula is C28H32BrN3O4S. The van der Waals surface area contributed by atoms with E-state index in [2.05, 4.69) is 21.2 Å². The highest BCUT2D eigenvalue weighted by atomic mass is 79.9. The van der Waals surface area contributed by atoms with Crippen molar-refractivity contribution in [2.75, 3.05) is 17.4 Å². The average molecular weight is 587 g/mol. The molecule has 3 rings (SSSR count). The van der Waals surface area contributed by atoms with E-state index in [4.69, 9.17) is 0 Å². The number of nitrogens with one attached hydrogen (secondary N) is 1. The molecule has 0 aromatic heterocycles. The third-order valence-electron chi connectivity index (χ3n) is 5.89. The molecular weight excluding hydrogens is 554 g/mol. The first kappa shape index (κ1) is 28.4. The first-order valence-electron chi connectivity index (χ1n) is 12.1. The molecule has 0 heterocycles. The van der Waals surface area contributed by atoms with E-state index < -0.39 is 28.5 Å². The summed E-state index contributed by atoms with van der Waals surface area (Å²) >= 11 is 3.45. The number of carbonyl (C=O) groups is 2. The van der Waals surface area contributed by atoms with E-state index in [-0.39, 0.29) is 17.3 Å². The Balaban J connectivity index is 1.99. The van der Waals surface area contributed by atoms with Crippen LogP contribution in [0.4, 0.5) is 5.69 Å². The van der Waals surface area contributed by atoms with Crippen molar-refractivity contribution in [2.24, 2.45) is 0 Å². The SMILES string of the molecule is CCCNC(=O)[C@@H](C)N(Cc1cccc(Br)c1)C(=O)CN(c1ccccc1)S(=O)(=O)c1ccc(C)cc1. The molecule has 196 valence electrons. The summed E-state index contributed by atoms with van der Waals surface area (Å²) in [5, 5.41) is 2.84. The number of carbonyl (C=O) groups excluding carboxylic acids is 2. The van der Waals surface area contributed by atoms with E-state index in [0.717, 1.165) is 26.3 Å². The number of hydrogen-bond donors (Lipinski definition) is 1. The molecule has 1 N–H and O–H groups in total. The van der Waals surface area contributed by atoms with Gasteiger partial charge in [0.2, 0.25) is 11.8 Å². The fourth-order valence-electron chi connectivity index (χ4n) is 3.77. The number of aryl methyl sites for hydroxylation is 1. The van der Waals surface area contributed by atoms with Crippen LogP contribution in [0.5, 0.6) is 0 Å². The lowest BCUT2D eigenvalue weighted by Gasteiger charge is -2.32. The van der Waals surface area contributed by atoms with E-state index in [1.54, 1.807) is 49.4 Å². The van der Waals surface area contributed by atoms with Crippen molar-refractivity contribution in [3.63, 3.8) is 0 Å². The second-order valence-electron chi connectivity index (χ2n) is 8.78. The van der Waals surface area contributed by atoms with Crippen molar-refractivity contribution in [3.8, 4) is 0 Å². The quantitative estimate of drug-likeness (QED) is 0.347. The molecule has 3 aromatic carbocycles. The van der Waals surface area contributed by atoms with Gasteiger partial charge < -0.3 is 10.2 Å². The summed E-state index contributed by atoms with van der Waals surface area (Å²) in [6, 6.07) is 21.7. The molecule has 0 saturated carbocycles. The number of rotatable bonds is 11. The molecule has 0 bridgehead atoms. The minimum Gasteiger partial charge on any atom is -0.354 e. The van der Waals surface area contributed by atoms with Crippen molar-refractivity contribution in [1.82, 2.24) is 10.2 Å². The maximum Gasteiger partial charge on any atom is 0.264 e. The summed E-state index contributed by atoms with van der Waals surface area (Å²) < 4.78 is 29.4. The summed E-state index contributed by atoms with van der Waals surface area (Å²) in [7, 11) is -4.06. The van der Waals surface area contributed by atoms with Gasteiger partial charge in [-0.2, -0.15) is 0 Å². The molecule has 0 unspecified atom stereocenters. The largest absolute Gasteiger partial charge is 0.354 e. The van der Waals surface area contributed by atoms with Crippen molar-refractivity contribution < 1.29 is 18.0 Å². The molecule has 0 aliphatic rings. The Kier molecular flexibility index (Phi) is 9.88. The van der Waals surface area contributed by atoms with Gasteiger partial charge in [0.05, 0.1) is 10.6 Å². The Morgan fingerprint density at radius 1 is 0.973 bits per heavy atom. The molecule has 3 aromatic rings. The molecule has 7 nitrogen and oxygen atoms in total. The van der Waals surface area contributed by atoms with Crippen LogP contribution in [0.2, 0.25) is 0 Å². The summed E-state index contributed by atoms with van der Waals surface area (Å²) in [5.74, 6) is -0.781. The zero-order chi connectivity index (χ0) is 27.0. The van der Waals surface area contributed by atoms with Crippen LogP contribution in [0.15, 0.2) is 88.2 Å². The zero-order valence-electron chi connectivity index (χ0n) is 21.2. The Morgan fingerprint density at radius 2 is 1.65 bits per heavy atom. The van der Waals surface area contributed by atoms with Gasteiger partial charge in [0.1, 0.15) is 12.6 Å². The summed E-state index contributed by atoms with van der Waals surface area (Å²) in [6.07, 6.45) is 0.759. The lowest BCUT2D eigenvalue weighted by Crippen LogP contribution is -2.51. The fraction of sp³-hybridized carbons (Fsp3) is 0.286. The topological polar surface area (TPSA) is 86.8 Å². The number of hydrogen-bond acceptors (Lipinski definition) is 4. The fourth-order valence-corrected chi connectivity index (χ4v) is 5.63. The van der Waals surface area contributed by atoms with E-state index in [1.807, 2.05) is 38.1 Å². The van der Waals surface area contributed by atoms with E-state index >= 15 is 0 Å². The zero-order valence-corrected chi connectivity index (χ0v) is 23.6. The number of sulfonamides is 1. The maximum absolute atomic E-state index is 13.8. The Morgan fingerprint density at radius 3 is 2.27 bits per heavy atom. The standard InChI is InChI=1S/C28H32BrN3O4S/c1-4-17-30-28(34)22(3)31(19-23-9-8-10-24(29)18-23)27(33)20-32(25-11-6-5-7-12-25)37(35,36)26-15-13-21(2)14-16-26/h5-16,18,22H,4,17,19-20H2,1-3H3,(H,30,34)/t22-/m1/s1. The molecule has 0 fully saturated rings. The van der Waals surface area contributed by atoms with Gasteiger partial charge in [-0.3, -0.25) is 13.9 Å². The molecule has 0 aliphatic heterocycles. The Bertz CT molecular complexity index is 1310. The normalized spacial score (nSPS) is 12.0. The van der Waals surface area contributed by atoms with Crippen molar-refractivity contribution >= 4 is 43.5 Å². The third-order valence-corrected chi connectivity index (χ3v) is 8.17. The lowest BCUT2D eigenvalue weighted by molar-refractivity contribution is -0.139. The number of halogens is 1. The number of amides is 2. The van der Waals surface area contributed by atoms with E-state index in [0.29, 0.717) is 12.2 Å². The monoisotopic (exact) mass is 585 g/mol. The summed E-state index contributed by atoms with van der Waals surface area (Å²) in [4.78, 5) is 28.2. The second-order valence-corrected chi connectivity index (χ2v) is 11.6. The van der Waals surface area contributed by atoms with Gasteiger partial charge in [-0.1, -0.05) is 70.9 Å². The molecule has 37 heavy (non-hydrogen) atoms. The molecule has 0 spiro atoms. The summed E-state index contributed by atoms with van der Waals surface area (Å²) in [6.45, 7) is 5.65. The number of nitrogens with zero attached hydrogens (tertiary/aromatic N) is 2. The van der Waals surface area contributed by atoms with Crippen LogP contribution in [0.1, 0.15) is 31.4 Å². The second kappa shape index (κ2) is 12.9. The summed E-state index contributed by atoms with van der Waals surface area (Å²) in [5.41, 5.74) is 2.10. The van der Waals surface area contributed by atoms with Gasteiger partial charge in [-0.05, 0) is 62.2 Å².